The van der Waals surface area contributed by atoms with Gasteiger partial charge in [0, 0.05) is 12.0 Å². The van der Waals surface area contributed by atoms with E-state index in [1.165, 1.54) is 38.2 Å². The number of carbonyl (C=O) groups excluding carboxylic acids is 1. The number of esters is 1. The molecule has 0 N–H and O–H groups in total. The molecule has 3 atom stereocenters. The zero-order valence-corrected chi connectivity index (χ0v) is 11.4. The van der Waals surface area contributed by atoms with Crippen molar-refractivity contribution < 1.29 is 9.53 Å². The van der Waals surface area contributed by atoms with Crippen LogP contribution in [-0.2, 0) is 9.53 Å². The van der Waals surface area contributed by atoms with Gasteiger partial charge in [0.25, 0.3) is 0 Å². The Kier molecular flexibility index (Phi) is 2.99. The molecule has 100 valence electrons. The molecule has 4 bridgehead atoms. The second-order valence-electron chi connectivity index (χ2n) is 6.69. The maximum Gasteiger partial charge on any atom is 0.330 e. The Morgan fingerprint density at radius 3 is 2.56 bits per heavy atom. The van der Waals surface area contributed by atoms with Crippen molar-refractivity contribution in [1.29, 1.82) is 0 Å². The molecule has 0 radical (unpaired) electrons. The van der Waals surface area contributed by atoms with Gasteiger partial charge in [0.05, 0.1) is 0 Å². The van der Waals surface area contributed by atoms with Gasteiger partial charge < -0.3 is 4.74 Å². The van der Waals surface area contributed by atoms with E-state index >= 15 is 0 Å². The summed E-state index contributed by atoms with van der Waals surface area (Å²) in [5.74, 6) is 2.84. The molecule has 0 aromatic rings. The molecule has 0 aromatic heterocycles. The molecule has 0 aliphatic heterocycles. The normalized spacial score (nSPS) is 44.9. The van der Waals surface area contributed by atoms with Crippen LogP contribution in [0.3, 0.4) is 0 Å². The van der Waals surface area contributed by atoms with Crippen LogP contribution in [-0.4, -0.2) is 11.6 Å². The SMILES string of the molecule is C=CC(=O)OC12CC3CC(CC(C3)C1CCC)C2. The Balaban J connectivity index is 1.87. The van der Waals surface area contributed by atoms with Gasteiger partial charge in [-0.3, -0.25) is 0 Å². The maximum atomic E-state index is 11.7. The molecule has 2 heteroatoms. The average Bonchev–Trinajstić information content (AvgIpc) is 2.32. The fourth-order valence-corrected chi connectivity index (χ4v) is 5.28. The lowest BCUT2D eigenvalue weighted by atomic mass is 9.49. The first-order chi connectivity index (χ1) is 8.66. The van der Waals surface area contributed by atoms with Crippen LogP contribution >= 0.6 is 0 Å². The summed E-state index contributed by atoms with van der Waals surface area (Å²) in [6.07, 6.45) is 10.1. The van der Waals surface area contributed by atoms with Crippen LogP contribution in [0.2, 0.25) is 0 Å². The number of hydrogen-bond acceptors (Lipinski definition) is 2. The van der Waals surface area contributed by atoms with Gasteiger partial charge in [-0.1, -0.05) is 19.9 Å². The number of hydrogen-bond donors (Lipinski definition) is 0. The molecule has 3 unspecified atom stereocenters. The van der Waals surface area contributed by atoms with Crippen molar-refractivity contribution in [3.8, 4) is 0 Å². The number of carbonyl (C=O) groups is 1. The van der Waals surface area contributed by atoms with E-state index in [0.29, 0.717) is 5.92 Å². The monoisotopic (exact) mass is 248 g/mol. The Morgan fingerprint density at radius 1 is 1.33 bits per heavy atom. The smallest absolute Gasteiger partial charge is 0.330 e. The summed E-state index contributed by atoms with van der Waals surface area (Å²) >= 11 is 0. The van der Waals surface area contributed by atoms with Crippen LogP contribution in [0.1, 0.15) is 51.9 Å². The van der Waals surface area contributed by atoms with Crippen molar-refractivity contribution >= 4 is 5.97 Å². The second-order valence-corrected chi connectivity index (χ2v) is 6.69. The van der Waals surface area contributed by atoms with Gasteiger partial charge in [0.1, 0.15) is 5.60 Å². The molecule has 0 saturated heterocycles. The first-order valence-electron chi connectivity index (χ1n) is 7.52. The van der Waals surface area contributed by atoms with Crippen LogP contribution in [0, 0.1) is 23.7 Å². The lowest BCUT2D eigenvalue weighted by molar-refractivity contribution is -0.205. The number of rotatable bonds is 4. The van der Waals surface area contributed by atoms with Gasteiger partial charge in [-0.15, -0.1) is 0 Å². The molecule has 2 nitrogen and oxygen atoms in total. The molecular weight excluding hydrogens is 224 g/mol. The molecular formula is C16H24O2. The molecule has 4 aliphatic carbocycles. The van der Waals surface area contributed by atoms with Crippen molar-refractivity contribution in [2.45, 2.75) is 57.5 Å². The highest BCUT2D eigenvalue weighted by Crippen LogP contribution is 2.61. The topological polar surface area (TPSA) is 26.3 Å². The molecule has 4 rings (SSSR count). The van der Waals surface area contributed by atoms with Gasteiger partial charge >= 0.3 is 5.97 Å². The number of ether oxygens (including phenoxy) is 1. The van der Waals surface area contributed by atoms with E-state index in [9.17, 15) is 4.79 Å². The van der Waals surface area contributed by atoms with E-state index in [2.05, 4.69) is 13.5 Å². The molecule has 0 heterocycles. The summed E-state index contributed by atoms with van der Waals surface area (Å²) in [4.78, 5) is 11.7. The van der Waals surface area contributed by atoms with E-state index < -0.39 is 0 Å². The third-order valence-corrected chi connectivity index (χ3v) is 5.52. The van der Waals surface area contributed by atoms with Crippen LogP contribution in [0.25, 0.3) is 0 Å². The summed E-state index contributed by atoms with van der Waals surface area (Å²) in [6.45, 7) is 5.80. The molecule has 0 aromatic carbocycles. The van der Waals surface area contributed by atoms with Crippen molar-refractivity contribution in [1.82, 2.24) is 0 Å². The standard InChI is InChI=1S/C16H24O2/c1-3-5-14-13-7-11-6-12(8-13)10-16(14,9-11)18-15(17)4-2/h4,11-14H,2-3,5-10H2,1H3. The van der Waals surface area contributed by atoms with Gasteiger partial charge in [0.15, 0.2) is 0 Å². The minimum absolute atomic E-state index is 0.129. The average molecular weight is 248 g/mol. The van der Waals surface area contributed by atoms with E-state index in [1.54, 1.807) is 0 Å². The highest BCUT2D eigenvalue weighted by molar-refractivity contribution is 5.81. The molecule has 4 saturated carbocycles. The zero-order valence-electron chi connectivity index (χ0n) is 11.4. The van der Waals surface area contributed by atoms with Crippen LogP contribution < -0.4 is 0 Å². The Labute approximate surface area is 110 Å². The Bertz CT molecular complexity index is 346. The van der Waals surface area contributed by atoms with Crippen LogP contribution in [0.5, 0.6) is 0 Å². The highest BCUT2D eigenvalue weighted by atomic mass is 16.6. The van der Waals surface area contributed by atoms with Crippen molar-refractivity contribution in [3.63, 3.8) is 0 Å². The summed E-state index contributed by atoms with van der Waals surface area (Å²) in [5, 5.41) is 0. The van der Waals surface area contributed by atoms with E-state index in [1.807, 2.05) is 0 Å². The maximum absolute atomic E-state index is 11.7. The quantitative estimate of drug-likeness (QED) is 0.560. The first-order valence-corrected chi connectivity index (χ1v) is 7.52. The summed E-state index contributed by atoms with van der Waals surface area (Å²) in [6, 6.07) is 0. The zero-order chi connectivity index (χ0) is 12.8. The Morgan fingerprint density at radius 2 is 2.00 bits per heavy atom. The molecule has 0 amide bonds. The first kappa shape index (κ1) is 12.3. The predicted molar refractivity (Wildman–Crippen MR) is 71.0 cm³/mol. The van der Waals surface area contributed by atoms with Crippen molar-refractivity contribution in [3.05, 3.63) is 12.7 Å². The Hall–Kier alpha value is -0.790. The van der Waals surface area contributed by atoms with Gasteiger partial charge in [-0.2, -0.15) is 0 Å². The van der Waals surface area contributed by atoms with E-state index in [-0.39, 0.29) is 11.6 Å². The fraction of sp³-hybridized carbons (Fsp3) is 0.812. The summed E-state index contributed by atoms with van der Waals surface area (Å²) < 4.78 is 5.91. The van der Waals surface area contributed by atoms with Crippen molar-refractivity contribution in [2.24, 2.45) is 23.7 Å². The van der Waals surface area contributed by atoms with Crippen LogP contribution in [0.15, 0.2) is 12.7 Å². The predicted octanol–water partition coefficient (Wildman–Crippen LogP) is 3.71. The largest absolute Gasteiger partial charge is 0.456 e. The van der Waals surface area contributed by atoms with Crippen LogP contribution in [0.4, 0.5) is 0 Å². The van der Waals surface area contributed by atoms with Gasteiger partial charge in [-0.05, 0) is 56.3 Å². The van der Waals surface area contributed by atoms with Gasteiger partial charge in [-0.25, -0.2) is 4.79 Å². The van der Waals surface area contributed by atoms with E-state index in [0.717, 1.165) is 30.6 Å². The van der Waals surface area contributed by atoms with Gasteiger partial charge in [0.2, 0.25) is 0 Å². The molecule has 4 aliphatic rings. The fourth-order valence-electron chi connectivity index (χ4n) is 5.28. The molecule has 18 heavy (non-hydrogen) atoms. The highest BCUT2D eigenvalue weighted by Gasteiger charge is 2.58. The molecule has 4 fully saturated rings. The minimum atomic E-state index is -0.210. The third-order valence-electron chi connectivity index (χ3n) is 5.52. The third kappa shape index (κ3) is 1.81. The lowest BCUT2D eigenvalue weighted by Gasteiger charge is -2.60. The second kappa shape index (κ2) is 4.40. The lowest BCUT2D eigenvalue weighted by Crippen LogP contribution is -2.59. The van der Waals surface area contributed by atoms with E-state index in [4.69, 9.17) is 4.74 Å². The van der Waals surface area contributed by atoms with Crippen molar-refractivity contribution in [2.75, 3.05) is 0 Å². The molecule has 0 spiro atoms. The summed E-state index contributed by atoms with van der Waals surface area (Å²) in [7, 11) is 0. The summed E-state index contributed by atoms with van der Waals surface area (Å²) in [5.41, 5.74) is -0.129. The minimum Gasteiger partial charge on any atom is -0.456 e.